The van der Waals surface area contributed by atoms with Crippen LogP contribution in [0.1, 0.15) is 17.4 Å². The van der Waals surface area contributed by atoms with Crippen molar-refractivity contribution in [3.05, 3.63) is 69.6 Å². The van der Waals surface area contributed by atoms with Crippen molar-refractivity contribution in [2.24, 2.45) is 0 Å². The average molecular weight is 534 g/mol. The van der Waals surface area contributed by atoms with Gasteiger partial charge < -0.3 is 28.5 Å². The SMILES string of the molecule is COc1cc(OC)cc(N2C(=O)C(=O)/C(=C(\O)c3cc(Cl)c(OC)c(Cl)c3OC)C2c2ccco2)c1. The number of hydrogen-bond donors (Lipinski definition) is 1. The number of ketones is 1. The lowest BCUT2D eigenvalue weighted by molar-refractivity contribution is -0.132. The summed E-state index contributed by atoms with van der Waals surface area (Å²) in [6.45, 7) is 0. The van der Waals surface area contributed by atoms with E-state index in [0.717, 1.165) is 0 Å². The van der Waals surface area contributed by atoms with Crippen molar-refractivity contribution in [2.75, 3.05) is 33.3 Å². The first-order valence-corrected chi connectivity index (χ1v) is 11.2. The van der Waals surface area contributed by atoms with Crippen molar-refractivity contribution in [3.63, 3.8) is 0 Å². The van der Waals surface area contributed by atoms with Gasteiger partial charge in [0.1, 0.15) is 34.1 Å². The lowest BCUT2D eigenvalue weighted by Crippen LogP contribution is -2.29. The van der Waals surface area contributed by atoms with E-state index in [4.69, 9.17) is 46.6 Å². The van der Waals surface area contributed by atoms with Crippen LogP contribution in [0.2, 0.25) is 10.0 Å². The normalized spacial score (nSPS) is 16.8. The van der Waals surface area contributed by atoms with Crippen LogP contribution >= 0.6 is 23.2 Å². The number of carbonyl (C=O) groups is 2. The van der Waals surface area contributed by atoms with Crippen LogP contribution < -0.4 is 23.8 Å². The summed E-state index contributed by atoms with van der Waals surface area (Å²) in [5, 5.41) is 11.5. The van der Waals surface area contributed by atoms with Gasteiger partial charge >= 0.3 is 0 Å². The Kier molecular flexibility index (Phi) is 7.05. The Labute approximate surface area is 216 Å². The molecule has 1 aromatic heterocycles. The molecule has 0 bridgehead atoms. The third-order valence-corrected chi connectivity index (χ3v) is 6.29. The number of Topliss-reactive ketones (excluding diaryl/α,β-unsaturated/α-hetero) is 1. The zero-order valence-electron chi connectivity index (χ0n) is 19.6. The topological polar surface area (TPSA) is 108 Å². The minimum Gasteiger partial charge on any atom is -0.507 e. The van der Waals surface area contributed by atoms with Crippen molar-refractivity contribution in [2.45, 2.75) is 6.04 Å². The Morgan fingerprint density at radius 3 is 2.11 bits per heavy atom. The van der Waals surface area contributed by atoms with Gasteiger partial charge in [-0.25, -0.2) is 0 Å². The molecule has 9 nitrogen and oxygen atoms in total. The number of anilines is 1. The molecule has 1 aliphatic heterocycles. The molecule has 188 valence electrons. The molecule has 1 atom stereocenters. The summed E-state index contributed by atoms with van der Waals surface area (Å²) in [5.74, 6) is -1.29. The van der Waals surface area contributed by atoms with Gasteiger partial charge in [0, 0.05) is 18.2 Å². The fourth-order valence-electron chi connectivity index (χ4n) is 4.04. The lowest BCUT2D eigenvalue weighted by Gasteiger charge is -2.24. The second-order valence-electron chi connectivity index (χ2n) is 7.54. The second kappa shape index (κ2) is 10.0. The van der Waals surface area contributed by atoms with E-state index < -0.39 is 23.5 Å². The molecule has 36 heavy (non-hydrogen) atoms. The van der Waals surface area contributed by atoms with Crippen LogP contribution in [-0.2, 0) is 9.59 Å². The minimum atomic E-state index is -1.14. The zero-order valence-corrected chi connectivity index (χ0v) is 21.1. The molecule has 11 heteroatoms. The molecular weight excluding hydrogens is 513 g/mol. The fraction of sp³-hybridized carbons (Fsp3) is 0.200. The third kappa shape index (κ3) is 4.10. The van der Waals surface area contributed by atoms with Gasteiger partial charge in [-0.1, -0.05) is 23.2 Å². The van der Waals surface area contributed by atoms with Crippen molar-refractivity contribution in [3.8, 4) is 23.0 Å². The largest absolute Gasteiger partial charge is 0.507 e. The summed E-state index contributed by atoms with van der Waals surface area (Å²) in [5.41, 5.74) is 0.0185. The van der Waals surface area contributed by atoms with E-state index in [-0.39, 0.29) is 44.1 Å². The highest BCUT2D eigenvalue weighted by Gasteiger charge is 2.49. The van der Waals surface area contributed by atoms with E-state index in [2.05, 4.69) is 0 Å². The number of nitrogens with zero attached hydrogens (tertiary/aromatic N) is 1. The molecule has 0 spiro atoms. The fourth-order valence-corrected chi connectivity index (χ4v) is 4.73. The number of rotatable bonds is 7. The molecule has 0 aliphatic carbocycles. The molecule has 1 N–H and O–H groups in total. The summed E-state index contributed by atoms with van der Waals surface area (Å²) < 4.78 is 26.8. The lowest BCUT2D eigenvalue weighted by atomic mass is 9.98. The predicted molar refractivity (Wildman–Crippen MR) is 133 cm³/mol. The van der Waals surface area contributed by atoms with E-state index in [0.29, 0.717) is 11.5 Å². The summed E-state index contributed by atoms with van der Waals surface area (Å²) >= 11 is 12.7. The number of furan rings is 1. The summed E-state index contributed by atoms with van der Waals surface area (Å²) in [6, 6.07) is 8.12. The van der Waals surface area contributed by atoms with Crippen LogP contribution in [-0.4, -0.2) is 45.2 Å². The summed E-state index contributed by atoms with van der Waals surface area (Å²) in [7, 11) is 5.62. The van der Waals surface area contributed by atoms with E-state index in [9.17, 15) is 14.7 Å². The van der Waals surface area contributed by atoms with Crippen molar-refractivity contribution >= 4 is 46.3 Å². The number of aliphatic hydroxyl groups excluding tert-OH is 1. The van der Waals surface area contributed by atoms with Crippen molar-refractivity contribution < 1.29 is 38.1 Å². The maximum Gasteiger partial charge on any atom is 0.300 e. The first kappa shape index (κ1) is 25.3. The van der Waals surface area contributed by atoms with E-state index in [1.165, 1.54) is 45.7 Å². The molecule has 1 unspecified atom stereocenters. The van der Waals surface area contributed by atoms with Crippen molar-refractivity contribution in [1.82, 2.24) is 0 Å². The monoisotopic (exact) mass is 533 g/mol. The first-order chi connectivity index (χ1) is 17.3. The number of aliphatic hydroxyl groups is 1. The van der Waals surface area contributed by atoms with Crippen LogP contribution in [0.5, 0.6) is 23.0 Å². The molecular formula is C25H21Cl2NO8. The quantitative estimate of drug-likeness (QED) is 0.249. The summed E-state index contributed by atoms with van der Waals surface area (Å²) in [6.07, 6.45) is 1.39. The summed E-state index contributed by atoms with van der Waals surface area (Å²) in [4.78, 5) is 27.9. The average Bonchev–Trinajstić information content (AvgIpc) is 3.50. The highest BCUT2D eigenvalue weighted by Crippen LogP contribution is 2.48. The highest BCUT2D eigenvalue weighted by atomic mass is 35.5. The predicted octanol–water partition coefficient (Wildman–Crippen LogP) is 5.25. The molecule has 1 aliphatic rings. The molecule has 2 heterocycles. The molecule has 3 aromatic rings. The zero-order chi connectivity index (χ0) is 26.1. The molecule has 1 fully saturated rings. The number of ether oxygens (including phenoxy) is 4. The van der Waals surface area contributed by atoms with Gasteiger partial charge in [-0.15, -0.1) is 0 Å². The third-order valence-electron chi connectivity index (χ3n) is 5.67. The van der Waals surface area contributed by atoms with Gasteiger partial charge in [0.15, 0.2) is 11.5 Å². The number of hydrogen-bond acceptors (Lipinski definition) is 8. The van der Waals surface area contributed by atoms with Gasteiger partial charge in [0.2, 0.25) is 0 Å². The molecule has 1 saturated heterocycles. The Morgan fingerprint density at radius 1 is 0.944 bits per heavy atom. The van der Waals surface area contributed by atoms with Gasteiger partial charge in [0.25, 0.3) is 11.7 Å². The molecule has 0 radical (unpaired) electrons. The smallest absolute Gasteiger partial charge is 0.300 e. The number of carbonyl (C=O) groups excluding carboxylic acids is 2. The molecule has 0 saturated carbocycles. The van der Waals surface area contributed by atoms with Crippen LogP contribution in [0, 0.1) is 0 Å². The van der Waals surface area contributed by atoms with Gasteiger partial charge in [0.05, 0.1) is 56.5 Å². The van der Waals surface area contributed by atoms with Crippen LogP contribution in [0.3, 0.4) is 0 Å². The second-order valence-corrected chi connectivity index (χ2v) is 8.33. The van der Waals surface area contributed by atoms with E-state index >= 15 is 0 Å². The van der Waals surface area contributed by atoms with Crippen LogP contribution in [0.4, 0.5) is 5.69 Å². The standard InChI is InChI=1S/C25H21Cl2NO8/c1-32-13-8-12(9-14(10-13)33-2)28-20(17-6-5-7-36-17)18(22(30)25(28)31)21(29)15-11-16(26)24(35-4)19(27)23(15)34-3/h5-11,20,29H,1-4H3/b21-18-. The van der Waals surface area contributed by atoms with Crippen LogP contribution in [0.25, 0.3) is 5.76 Å². The number of methoxy groups -OCH3 is 4. The van der Waals surface area contributed by atoms with Gasteiger partial charge in [-0.05, 0) is 18.2 Å². The Bertz CT molecular complexity index is 1340. The Morgan fingerprint density at radius 2 is 1.58 bits per heavy atom. The van der Waals surface area contributed by atoms with Gasteiger partial charge in [-0.3, -0.25) is 14.5 Å². The molecule has 1 amide bonds. The number of halogens is 2. The maximum absolute atomic E-state index is 13.4. The number of amides is 1. The minimum absolute atomic E-state index is 0.00265. The number of benzene rings is 2. The Balaban J connectivity index is 2.00. The highest BCUT2D eigenvalue weighted by molar-refractivity contribution is 6.52. The van der Waals surface area contributed by atoms with Crippen molar-refractivity contribution in [1.29, 1.82) is 0 Å². The van der Waals surface area contributed by atoms with E-state index in [1.807, 2.05) is 0 Å². The first-order valence-electron chi connectivity index (χ1n) is 10.4. The molecule has 4 rings (SSSR count). The van der Waals surface area contributed by atoms with Crippen LogP contribution in [0.15, 0.2) is 52.7 Å². The molecule has 2 aromatic carbocycles. The maximum atomic E-state index is 13.4. The Hall–Kier alpha value is -3.82. The van der Waals surface area contributed by atoms with E-state index in [1.54, 1.807) is 30.3 Å². The van der Waals surface area contributed by atoms with Gasteiger partial charge in [-0.2, -0.15) is 0 Å².